The molecule has 29 heavy (non-hydrogen) atoms. The molecule has 2 rings (SSSR count). The first-order chi connectivity index (χ1) is 15.0. The zero-order chi connectivity index (χ0) is 24.1. The number of rotatable bonds is 9. The Labute approximate surface area is 173 Å². The fourth-order valence-corrected chi connectivity index (χ4v) is 3.08. The maximum absolute atomic E-state index is 13.0. The molecular formula is C20H27N3O6. The lowest BCUT2D eigenvalue weighted by molar-refractivity contribution is -0.148. The number of benzene rings is 1. The molecule has 9 heteroatoms. The van der Waals surface area contributed by atoms with Crippen molar-refractivity contribution in [2.24, 2.45) is 0 Å². The minimum absolute atomic E-state index is 0.129. The van der Waals surface area contributed by atoms with E-state index in [0.29, 0.717) is 16.2 Å². The van der Waals surface area contributed by atoms with Gasteiger partial charge in [-0.3, -0.25) is 14.9 Å². The van der Waals surface area contributed by atoms with Crippen molar-refractivity contribution in [3.05, 3.63) is 35.9 Å². The molecule has 1 aliphatic heterocycles. The van der Waals surface area contributed by atoms with Crippen LogP contribution in [0.1, 0.15) is 29.9 Å². The third-order valence-corrected chi connectivity index (χ3v) is 4.58. The fourth-order valence-electron chi connectivity index (χ4n) is 3.08. The van der Waals surface area contributed by atoms with E-state index < -0.39 is 55.5 Å². The third kappa shape index (κ3) is 5.54. The first-order valence-electron chi connectivity index (χ1n) is 10.8. The van der Waals surface area contributed by atoms with Crippen LogP contribution in [0.15, 0.2) is 30.3 Å². The number of likely N-dealkylation sites (N-methyl/N-ethyl adjacent to an activating group) is 1. The first-order valence-corrected chi connectivity index (χ1v) is 9.31. The van der Waals surface area contributed by atoms with Crippen molar-refractivity contribution < 1.29 is 33.1 Å². The Morgan fingerprint density at radius 3 is 2.62 bits per heavy atom. The Morgan fingerprint density at radius 1 is 1.34 bits per heavy atom. The van der Waals surface area contributed by atoms with E-state index in [9.17, 15) is 24.3 Å². The molecule has 2 N–H and O–H groups in total. The van der Waals surface area contributed by atoms with Gasteiger partial charge >= 0.3 is 18.0 Å². The number of carboxylic acids is 1. The number of nitrogens with one attached hydrogen (secondary N) is 1. The molecule has 158 valence electrons. The smallest absolute Gasteiger partial charge is 0.328 e. The maximum Gasteiger partial charge on any atom is 0.328 e. The second-order valence-corrected chi connectivity index (χ2v) is 6.67. The summed E-state index contributed by atoms with van der Waals surface area (Å²) in [6, 6.07) is 4.45. The van der Waals surface area contributed by atoms with Crippen molar-refractivity contribution in [2.75, 3.05) is 20.1 Å². The average Bonchev–Trinajstić information content (AvgIpc) is 3.09. The molecule has 9 nitrogen and oxygen atoms in total. The second kappa shape index (κ2) is 10.0. The summed E-state index contributed by atoms with van der Waals surface area (Å²) >= 11 is 0. The summed E-state index contributed by atoms with van der Waals surface area (Å²) in [5, 5.41) is 12.2. The number of urea groups is 1. The van der Waals surface area contributed by atoms with Gasteiger partial charge in [0.1, 0.15) is 6.04 Å². The Kier molecular flexibility index (Phi) is 6.25. The molecule has 3 atom stereocenters. The molecule has 1 saturated heterocycles. The molecule has 0 spiro atoms. The highest BCUT2D eigenvalue weighted by atomic mass is 16.5. The van der Waals surface area contributed by atoms with E-state index in [1.54, 1.807) is 6.92 Å². The minimum atomic E-state index is -2.89. The Morgan fingerprint density at radius 2 is 2.03 bits per heavy atom. The average molecular weight is 408 g/mol. The predicted octanol–water partition coefficient (Wildman–Crippen LogP) is 0.876. The SMILES string of the molecule is [2H]C([2H])([2H])N1C[C@@H](C(=O)O)N(C(=O)[C@H](C)N[C@@H](CCc2ccccc2)C(=O)OCC)C1=O. The standard InChI is InChI=1S/C20H27N3O6/c1-4-29-19(27)15(11-10-14-8-6-5-7-9-14)21-13(2)17(24)23-16(18(25)26)12-22(3)20(23)28/h5-9,13,15-16,21H,4,10-12H2,1-3H3,(H,25,26)/t13-,15-,16-/m0/s1/i3D3. The Balaban J connectivity index is 2.16. The summed E-state index contributed by atoms with van der Waals surface area (Å²) in [7, 11) is 0. The van der Waals surface area contributed by atoms with Crippen LogP contribution >= 0.6 is 0 Å². The molecule has 1 heterocycles. The normalized spacial score (nSPS) is 20.4. The number of carbonyl (C=O) groups is 4. The van der Waals surface area contributed by atoms with Gasteiger partial charge in [0.2, 0.25) is 5.91 Å². The number of amides is 3. The van der Waals surface area contributed by atoms with E-state index in [-0.39, 0.29) is 13.0 Å². The van der Waals surface area contributed by atoms with Crippen LogP contribution in [-0.2, 0) is 25.5 Å². The summed E-state index contributed by atoms with van der Waals surface area (Å²) in [5.41, 5.74) is 0.969. The quantitative estimate of drug-likeness (QED) is 0.583. The molecule has 0 radical (unpaired) electrons. The molecule has 1 aromatic rings. The lowest BCUT2D eigenvalue weighted by atomic mass is 10.0. The Bertz CT molecular complexity index is 849. The van der Waals surface area contributed by atoms with Crippen LogP contribution in [0.3, 0.4) is 0 Å². The highest BCUT2D eigenvalue weighted by Gasteiger charge is 2.45. The van der Waals surface area contributed by atoms with Crippen LogP contribution in [0.4, 0.5) is 4.79 Å². The number of nitrogens with zero attached hydrogens (tertiary/aromatic N) is 2. The summed E-state index contributed by atoms with van der Waals surface area (Å²) in [5.74, 6) is -3.03. The van der Waals surface area contributed by atoms with E-state index in [1.165, 1.54) is 6.92 Å². The summed E-state index contributed by atoms with van der Waals surface area (Å²) < 4.78 is 27.3. The molecule has 0 aliphatic carbocycles. The number of carboxylic acid groups (broad SMARTS) is 1. The number of hydrogen-bond acceptors (Lipinski definition) is 6. The molecule has 1 aliphatic rings. The van der Waals surface area contributed by atoms with Crippen LogP contribution in [0.5, 0.6) is 0 Å². The van der Waals surface area contributed by atoms with Gasteiger partial charge in [-0.25, -0.2) is 14.5 Å². The largest absolute Gasteiger partial charge is 0.480 e. The molecule has 0 saturated carbocycles. The number of hydrogen-bond donors (Lipinski definition) is 2. The van der Waals surface area contributed by atoms with Crippen molar-refractivity contribution in [3.63, 3.8) is 0 Å². The lowest BCUT2D eigenvalue weighted by Crippen LogP contribution is -2.54. The van der Waals surface area contributed by atoms with Crippen LogP contribution in [0.25, 0.3) is 0 Å². The van der Waals surface area contributed by atoms with Gasteiger partial charge in [0, 0.05) is 11.1 Å². The zero-order valence-corrected chi connectivity index (χ0v) is 16.3. The zero-order valence-electron chi connectivity index (χ0n) is 19.3. The van der Waals surface area contributed by atoms with Gasteiger partial charge in [-0.05, 0) is 32.3 Å². The number of ether oxygens (including phenoxy) is 1. The van der Waals surface area contributed by atoms with E-state index in [2.05, 4.69) is 5.32 Å². The van der Waals surface area contributed by atoms with Crippen molar-refractivity contribution in [2.45, 2.75) is 44.8 Å². The predicted molar refractivity (Wildman–Crippen MR) is 104 cm³/mol. The molecule has 0 unspecified atom stereocenters. The van der Waals surface area contributed by atoms with Crippen molar-refractivity contribution in [1.29, 1.82) is 0 Å². The molecule has 1 aromatic carbocycles. The summed E-state index contributed by atoms with van der Waals surface area (Å²) in [6.07, 6.45) is 0.795. The van der Waals surface area contributed by atoms with Gasteiger partial charge in [0.05, 0.1) is 19.2 Å². The number of imide groups is 1. The highest BCUT2D eigenvalue weighted by Crippen LogP contribution is 2.17. The van der Waals surface area contributed by atoms with Crippen LogP contribution in [0.2, 0.25) is 0 Å². The van der Waals surface area contributed by atoms with E-state index in [4.69, 9.17) is 8.85 Å². The number of aliphatic carboxylic acids is 1. The molecular weight excluding hydrogens is 378 g/mol. The van der Waals surface area contributed by atoms with Crippen LogP contribution < -0.4 is 5.32 Å². The molecule has 0 bridgehead atoms. The van der Waals surface area contributed by atoms with E-state index in [0.717, 1.165) is 5.56 Å². The summed E-state index contributed by atoms with van der Waals surface area (Å²) in [4.78, 5) is 50.3. The monoisotopic (exact) mass is 408 g/mol. The van der Waals surface area contributed by atoms with Gasteiger partial charge in [0.15, 0.2) is 6.04 Å². The Hall–Kier alpha value is -2.94. The van der Waals surface area contributed by atoms with Crippen LogP contribution in [0, 0.1) is 0 Å². The molecule has 0 aromatic heterocycles. The van der Waals surface area contributed by atoms with Gasteiger partial charge in [-0.2, -0.15) is 0 Å². The third-order valence-electron chi connectivity index (χ3n) is 4.58. The summed E-state index contributed by atoms with van der Waals surface area (Å²) in [6.45, 7) is -0.395. The topological polar surface area (TPSA) is 116 Å². The van der Waals surface area contributed by atoms with Crippen molar-refractivity contribution in [1.82, 2.24) is 15.1 Å². The van der Waals surface area contributed by atoms with Crippen molar-refractivity contribution >= 4 is 23.9 Å². The first kappa shape index (κ1) is 18.1. The van der Waals surface area contributed by atoms with E-state index in [1.807, 2.05) is 30.3 Å². The molecule has 3 amide bonds. The molecule has 1 fully saturated rings. The van der Waals surface area contributed by atoms with E-state index >= 15 is 0 Å². The lowest BCUT2D eigenvalue weighted by Gasteiger charge is -2.26. The highest BCUT2D eigenvalue weighted by molar-refractivity contribution is 6.02. The number of aryl methyl sites for hydroxylation is 1. The van der Waals surface area contributed by atoms with Gasteiger partial charge in [-0.1, -0.05) is 30.3 Å². The fraction of sp³-hybridized carbons (Fsp3) is 0.500. The minimum Gasteiger partial charge on any atom is -0.480 e. The second-order valence-electron chi connectivity index (χ2n) is 6.67. The van der Waals surface area contributed by atoms with Crippen molar-refractivity contribution in [3.8, 4) is 0 Å². The van der Waals surface area contributed by atoms with Gasteiger partial charge < -0.3 is 14.7 Å². The van der Waals surface area contributed by atoms with Crippen LogP contribution in [-0.4, -0.2) is 77.0 Å². The maximum atomic E-state index is 13.0. The van der Waals surface area contributed by atoms with Gasteiger partial charge in [0.25, 0.3) is 0 Å². The van der Waals surface area contributed by atoms with Gasteiger partial charge in [-0.15, -0.1) is 0 Å². The number of esters is 1. The number of carbonyl (C=O) groups excluding carboxylic acids is 3.